The average molecular weight is 698 g/mol. The van der Waals surface area contributed by atoms with Gasteiger partial charge in [-0.2, -0.15) is 5.10 Å². The van der Waals surface area contributed by atoms with Crippen molar-refractivity contribution in [2.75, 3.05) is 63.6 Å². The first-order chi connectivity index (χ1) is 22.9. The number of likely N-dealkylation sites (tertiary alicyclic amines) is 3. The monoisotopic (exact) mass is 696 g/mol. The first-order valence-electron chi connectivity index (χ1n) is 17.5. The summed E-state index contributed by atoms with van der Waals surface area (Å²) in [5.74, 6) is 0.880. The van der Waals surface area contributed by atoms with Crippen LogP contribution in [0.2, 0.25) is 10.0 Å². The third kappa shape index (κ3) is 5.56. The lowest BCUT2D eigenvalue weighted by Crippen LogP contribution is -2.64. The largest absolute Gasteiger partial charge is 0.398 e. The summed E-state index contributed by atoms with van der Waals surface area (Å²) in [6.45, 7) is 17.2. The minimum absolute atomic E-state index is 0.00334. The number of aromatic nitrogens is 2. The molecule has 2 atom stereocenters. The van der Waals surface area contributed by atoms with E-state index in [9.17, 15) is 4.79 Å². The lowest BCUT2D eigenvalue weighted by atomic mass is 9.60. The molecular formula is C36H50Cl2N8O2. The zero-order valence-corrected chi connectivity index (χ0v) is 30.3. The van der Waals surface area contributed by atoms with Crippen molar-refractivity contribution in [1.29, 1.82) is 5.41 Å². The molecule has 1 aliphatic carbocycles. The Balaban J connectivity index is 0.000000251. The molecule has 1 aromatic heterocycles. The maximum absolute atomic E-state index is 11.9. The summed E-state index contributed by atoms with van der Waals surface area (Å²) < 4.78 is 7.37. The quantitative estimate of drug-likeness (QED) is 0.229. The smallest absolute Gasteiger partial charge is 0.245 e. The Labute approximate surface area is 294 Å². The number of carbonyl (C=O) groups is 1. The molecule has 260 valence electrons. The number of hydrogen-bond donors (Lipinski definition) is 2. The van der Waals surface area contributed by atoms with Crippen LogP contribution in [-0.2, 0) is 9.53 Å². The fourth-order valence-corrected chi connectivity index (χ4v) is 9.70. The number of halogens is 2. The van der Waals surface area contributed by atoms with Crippen LogP contribution in [-0.4, -0.2) is 113 Å². The van der Waals surface area contributed by atoms with Gasteiger partial charge in [0.25, 0.3) is 0 Å². The van der Waals surface area contributed by atoms with Crippen LogP contribution >= 0.6 is 23.2 Å². The molecule has 3 N–H and O–H groups in total. The Morgan fingerprint density at radius 1 is 1.12 bits per heavy atom. The highest BCUT2D eigenvalue weighted by Crippen LogP contribution is 2.56. The Bertz CT molecular complexity index is 1610. The Morgan fingerprint density at radius 2 is 1.85 bits per heavy atom. The number of anilines is 2. The summed E-state index contributed by atoms with van der Waals surface area (Å²) in [5.41, 5.74) is 9.98. The number of nitrogens with two attached hydrogens (primary N) is 1. The van der Waals surface area contributed by atoms with Crippen LogP contribution in [0.4, 0.5) is 11.5 Å². The van der Waals surface area contributed by atoms with E-state index >= 15 is 0 Å². The predicted octanol–water partition coefficient (Wildman–Crippen LogP) is 5.64. The normalized spacial score (nSPS) is 26.5. The number of benzene rings is 1. The number of rotatable bonds is 6. The fraction of sp³-hybridized carbons (Fsp3) is 0.639. The Morgan fingerprint density at radius 3 is 2.44 bits per heavy atom. The molecule has 8 rings (SSSR count). The van der Waals surface area contributed by atoms with Crippen molar-refractivity contribution in [3.8, 4) is 11.1 Å². The van der Waals surface area contributed by atoms with Gasteiger partial charge in [0, 0.05) is 90.0 Å². The van der Waals surface area contributed by atoms with E-state index in [1.807, 2.05) is 4.90 Å². The van der Waals surface area contributed by atoms with Gasteiger partial charge in [-0.3, -0.25) is 14.4 Å². The van der Waals surface area contributed by atoms with Gasteiger partial charge in [0.2, 0.25) is 5.91 Å². The number of hydrogen-bond acceptors (Lipinski definition) is 8. The number of nitrogen functional groups attached to an aromatic ring is 1. The van der Waals surface area contributed by atoms with Crippen molar-refractivity contribution >= 4 is 46.8 Å². The molecule has 1 aromatic carbocycles. The molecule has 2 unspecified atom stereocenters. The van der Waals surface area contributed by atoms with Crippen LogP contribution in [0.1, 0.15) is 69.7 Å². The second kappa shape index (κ2) is 12.6. The summed E-state index contributed by atoms with van der Waals surface area (Å²) in [6.07, 6.45) is 9.31. The van der Waals surface area contributed by atoms with E-state index in [0.717, 1.165) is 93.7 Å². The highest BCUT2D eigenvalue weighted by atomic mass is 35.5. The molecule has 0 bridgehead atoms. The van der Waals surface area contributed by atoms with Crippen LogP contribution in [0.3, 0.4) is 0 Å². The maximum atomic E-state index is 11.9. The first kappa shape index (κ1) is 33.8. The molecule has 12 heteroatoms. The Kier molecular flexibility index (Phi) is 8.89. The summed E-state index contributed by atoms with van der Waals surface area (Å²) in [7, 11) is 2.24. The standard InChI is InChI=1S/C27H34Cl2N6O.C9H16N2O/c1-5-21(36)33-14-27(15-33)11-17(12-27)35-16(2)22(23-18(13-30)20(31)10-19(28)24(23)29)25(32-35)34-9-7-6-8-26(34,3)4;1-10-4-9-8(10)2-3-11(9)7-5-12-6-7/h5,10,13,17,30H,1,6-9,11-12,14-15,31H2,2-4H3;7-9H,2-6H2,1H3. The van der Waals surface area contributed by atoms with Gasteiger partial charge < -0.3 is 30.6 Å². The molecule has 6 heterocycles. The zero-order valence-electron chi connectivity index (χ0n) is 28.8. The van der Waals surface area contributed by atoms with Gasteiger partial charge in [-0.15, -0.1) is 0 Å². The first-order valence-corrected chi connectivity index (χ1v) is 18.2. The minimum Gasteiger partial charge on any atom is -0.398 e. The molecular weight excluding hydrogens is 647 g/mol. The number of piperidine rings is 1. The molecule has 6 fully saturated rings. The molecule has 5 saturated heterocycles. The van der Waals surface area contributed by atoms with Crippen LogP contribution < -0.4 is 10.6 Å². The van der Waals surface area contributed by atoms with Crippen LogP contribution in [0.5, 0.6) is 0 Å². The summed E-state index contributed by atoms with van der Waals surface area (Å²) in [6, 6.07) is 4.34. The van der Waals surface area contributed by atoms with E-state index in [0.29, 0.717) is 26.9 Å². The lowest BCUT2D eigenvalue weighted by Gasteiger charge is -2.58. The zero-order chi connectivity index (χ0) is 34.1. The summed E-state index contributed by atoms with van der Waals surface area (Å²) in [4.78, 5) is 21.3. The highest BCUT2D eigenvalue weighted by molar-refractivity contribution is 6.44. The Hall–Kier alpha value is -2.63. The van der Waals surface area contributed by atoms with E-state index in [-0.39, 0.29) is 22.9 Å². The van der Waals surface area contributed by atoms with E-state index in [2.05, 4.69) is 53.8 Å². The van der Waals surface area contributed by atoms with Crippen LogP contribution in [0.15, 0.2) is 18.7 Å². The van der Waals surface area contributed by atoms with Gasteiger partial charge >= 0.3 is 0 Å². The number of ether oxygens (including phenoxy) is 1. The van der Waals surface area contributed by atoms with Gasteiger partial charge in [0.1, 0.15) is 0 Å². The molecule has 48 heavy (non-hydrogen) atoms. The topological polar surface area (TPSA) is 107 Å². The van der Waals surface area contributed by atoms with Crippen molar-refractivity contribution < 1.29 is 9.53 Å². The van der Waals surface area contributed by atoms with Crippen molar-refractivity contribution in [2.45, 2.75) is 89.0 Å². The molecule has 6 aliphatic rings. The number of amides is 1. The average Bonchev–Trinajstić information content (AvgIpc) is 3.48. The molecule has 2 aromatic rings. The third-order valence-electron chi connectivity index (χ3n) is 12.1. The van der Waals surface area contributed by atoms with Crippen LogP contribution in [0.25, 0.3) is 11.1 Å². The van der Waals surface area contributed by atoms with Crippen LogP contribution in [0, 0.1) is 17.7 Å². The van der Waals surface area contributed by atoms with E-state index < -0.39 is 0 Å². The van der Waals surface area contributed by atoms with Gasteiger partial charge in [0.15, 0.2) is 5.82 Å². The molecule has 10 nitrogen and oxygen atoms in total. The lowest BCUT2D eigenvalue weighted by molar-refractivity contribution is -0.149. The maximum Gasteiger partial charge on any atom is 0.245 e. The summed E-state index contributed by atoms with van der Waals surface area (Å²) in [5, 5.41) is 14.1. The van der Waals surface area contributed by atoms with Crippen molar-refractivity contribution in [3.05, 3.63) is 40.0 Å². The number of nitrogens with zero attached hydrogens (tertiary/aromatic N) is 6. The molecule has 1 spiro atoms. The van der Waals surface area contributed by atoms with Gasteiger partial charge in [0.05, 0.1) is 35.3 Å². The summed E-state index contributed by atoms with van der Waals surface area (Å²) >= 11 is 13.3. The van der Waals surface area contributed by atoms with Gasteiger partial charge in [-0.05, 0) is 78.5 Å². The third-order valence-corrected chi connectivity index (χ3v) is 12.9. The van der Waals surface area contributed by atoms with Gasteiger partial charge in [-0.25, -0.2) is 0 Å². The molecule has 5 aliphatic heterocycles. The number of likely N-dealkylation sites (N-methyl/N-ethyl adjacent to an activating group) is 1. The van der Waals surface area contributed by atoms with E-state index in [4.69, 9.17) is 44.2 Å². The number of nitrogens with one attached hydrogen (secondary N) is 1. The molecule has 1 amide bonds. The van der Waals surface area contributed by atoms with E-state index in [1.165, 1.54) is 38.2 Å². The van der Waals surface area contributed by atoms with E-state index in [1.54, 1.807) is 6.07 Å². The van der Waals surface area contributed by atoms with Crippen molar-refractivity contribution in [3.63, 3.8) is 0 Å². The highest BCUT2D eigenvalue weighted by Gasteiger charge is 2.55. The molecule has 1 saturated carbocycles. The van der Waals surface area contributed by atoms with Crippen molar-refractivity contribution in [2.24, 2.45) is 5.41 Å². The number of fused-ring (bicyclic) bond motifs is 1. The fourth-order valence-electron chi connectivity index (χ4n) is 9.24. The van der Waals surface area contributed by atoms with Gasteiger partial charge in [-0.1, -0.05) is 29.8 Å². The molecule has 0 radical (unpaired) electrons. The second-order valence-electron chi connectivity index (χ2n) is 15.6. The predicted molar refractivity (Wildman–Crippen MR) is 194 cm³/mol. The number of carbonyl (C=O) groups excluding carboxylic acids is 1. The second-order valence-corrected chi connectivity index (χ2v) is 16.4. The SMILES string of the molecule is C=CC(=O)N1CC2(CC(n3nc(N4CCCCC4(C)C)c(-c4c(Cl)c(Cl)cc(N)c4C=N)c3C)C2)C1.CN1CC2C1CCN2C1COC1. The van der Waals surface area contributed by atoms with Crippen molar-refractivity contribution in [1.82, 2.24) is 24.5 Å². The minimum atomic E-state index is -0.0690.